The Balaban J connectivity index is 0.00000544. The lowest BCUT2D eigenvalue weighted by molar-refractivity contribution is 0.0909. The first-order chi connectivity index (χ1) is 14.7. The molecular weight excluding hydrogens is 492 g/mol. The standard InChI is InChI=1S/C21H29ClFN5O3S.ClH/c1-13-18(14-7-8-16(22)17(11-14)32(30,31)27(5)6)19(20(29)25-21(2,3)4)28(26-13)12-15(23)9-10-24;/h7-9,11H,10,12,24H2,1-6H3,(H,25,29);1H/b15-9-;. The van der Waals surface area contributed by atoms with Gasteiger partial charge in [-0.05, 0) is 51.5 Å². The largest absolute Gasteiger partial charge is 0.346 e. The number of allylic oxidation sites excluding steroid dienone is 1. The van der Waals surface area contributed by atoms with Gasteiger partial charge in [-0.25, -0.2) is 17.1 Å². The SMILES string of the molecule is Cc1nn(C/C(F)=C/CN)c(C(=O)NC(C)(C)C)c1-c1ccc(Cl)c(S(=O)(=O)N(C)C)c1.Cl. The van der Waals surface area contributed by atoms with Gasteiger partial charge in [0, 0.05) is 31.7 Å². The molecule has 0 aliphatic heterocycles. The van der Waals surface area contributed by atoms with Gasteiger partial charge in [-0.15, -0.1) is 12.4 Å². The van der Waals surface area contributed by atoms with Gasteiger partial charge in [0.25, 0.3) is 5.91 Å². The minimum absolute atomic E-state index is 0. The highest BCUT2D eigenvalue weighted by Gasteiger charge is 2.28. The molecule has 12 heteroatoms. The molecule has 0 atom stereocenters. The van der Waals surface area contributed by atoms with Gasteiger partial charge in [-0.3, -0.25) is 9.48 Å². The van der Waals surface area contributed by atoms with Gasteiger partial charge >= 0.3 is 0 Å². The molecule has 1 aromatic heterocycles. The zero-order valence-electron chi connectivity index (χ0n) is 19.4. The topological polar surface area (TPSA) is 110 Å². The highest BCUT2D eigenvalue weighted by molar-refractivity contribution is 7.89. The van der Waals surface area contributed by atoms with E-state index < -0.39 is 27.3 Å². The molecule has 0 radical (unpaired) electrons. The number of sulfonamides is 1. The zero-order chi connectivity index (χ0) is 24.4. The highest BCUT2D eigenvalue weighted by atomic mass is 35.5. The Morgan fingerprint density at radius 1 is 1.33 bits per heavy atom. The van der Waals surface area contributed by atoms with Gasteiger partial charge in [0.05, 0.1) is 17.3 Å². The maximum Gasteiger partial charge on any atom is 0.270 e. The lowest BCUT2D eigenvalue weighted by Gasteiger charge is -2.21. The molecule has 0 aliphatic carbocycles. The summed E-state index contributed by atoms with van der Waals surface area (Å²) >= 11 is 6.18. The van der Waals surface area contributed by atoms with Crippen molar-refractivity contribution in [3.63, 3.8) is 0 Å². The Morgan fingerprint density at radius 3 is 2.45 bits per heavy atom. The summed E-state index contributed by atoms with van der Waals surface area (Å²) in [5.74, 6) is -1.01. The summed E-state index contributed by atoms with van der Waals surface area (Å²) in [6, 6.07) is 4.45. The smallest absolute Gasteiger partial charge is 0.270 e. The number of aromatic nitrogens is 2. The van der Waals surface area contributed by atoms with Crippen LogP contribution < -0.4 is 11.1 Å². The zero-order valence-corrected chi connectivity index (χ0v) is 21.8. The van der Waals surface area contributed by atoms with Crippen LogP contribution in [0.15, 0.2) is 35.0 Å². The van der Waals surface area contributed by atoms with Crippen LogP contribution in [0.4, 0.5) is 4.39 Å². The Kier molecular flexibility index (Phi) is 9.65. The Labute approximate surface area is 205 Å². The summed E-state index contributed by atoms with van der Waals surface area (Å²) in [5.41, 5.74) is 6.16. The van der Waals surface area contributed by atoms with Crippen molar-refractivity contribution in [1.29, 1.82) is 0 Å². The van der Waals surface area contributed by atoms with Crippen molar-refractivity contribution in [2.45, 2.75) is 44.7 Å². The number of carbonyl (C=O) groups is 1. The van der Waals surface area contributed by atoms with Crippen LogP contribution in [-0.4, -0.2) is 54.6 Å². The van der Waals surface area contributed by atoms with E-state index in [4.69, 9.17) is 17.3 Å². The van der Waals surface area contributed by atoms with Crippen LogP contribution in [0.25, 0.3) is 11.1 Å². The number of hydrogen-bond donors (Lipinski definition) is 2. The highest BCUT2D eigenvalue weighted by Crippen LogP contribution is 2.33. The molecule has 3 N–H and O–H groups in total. The molecule has 2 aromatic rings. The number of halogens is 3. The molecule has 2 rings (SSSR count). The molecule has 0 fully saturated rings. The van der Waals surface area contributed by atoms with Crippen molar-refractivity contribution >= 4 is 39.9 Å². The van der Waals surface area contributed by atoms with E-state index in [0.29, 0.717) is 16.8 Å². The molecule has 33 heavy (non-hydrogen) atoms. The molecule has 0 bridgehead atoms. The summed E-state index contributed by atoms with van der Waals surface area (Å²) in [6.07, 6.45) is 1.20. The van der Waals surface area contributed by atoms with Gasteiger partial charge in [0.2, 0.25) is 10.0 Å². The number of nitrogens with zero attached hydrogens (tertiary/aromatic N) is 3. The van der Waals surface area contributed by atoms with E-state index in [0.717, 1.165) is 4.31 Å². The predicted octanol–water partition coefficient (Wildman–Crippen LogP) is 3.52. The Hall–Kier alpha value is -1.98. The lowest BCUT2D eigenvalue weighted by atomic mass is 10.0. The summed E-state index contributed by atoms with van der Waals surface area (Å²) in [6.45, 7) is 6.83. The molecule has 1 aromatic carbocycles. The Morgan fingerprint density at radius 2 is 1.94 bits per heavy atom. The summed E-state index contributed by atoms with van der Waals surface area (Å²) in [7, 11) is -1.04. The third-order valence-corrected chi connectivity index (χ3v) is 6.75. The number of nitrogens with one attached hydrogen (secondary N) is 1. The fourth-order valence-corrected chi connectivity index (χ4v) is 4.45. The van der Waals surface area contributed by atoms with Crippen molar-refractivity contribution in [3.05, 3.63) is 46.5 Å². The maximum atomic E-state index is 14.3. The average Bonchev–Trinajstić information content (AvgIpc) is 2.96. The van der Waals surface area contributed by atoms with Crippen molar-refractivity contribution < 1.29 is 17.6 Å². The molecule has 0 spiro atoms. The molecule has 0 saturated carbocycles. The van der Waals surface area contributed by atoms with E-state index in [1.54, 1.807) is 13.0 Å². The first kappa shape index (κ1) is 29.1. The number of hydrogen-bond acceptors (Lipinski definition) is 5. The first-order valence-corrected chi connectivity index (χ1v) is 11.7. The second-order valence-electron chi connectivity index (χ2n) is 8.49. The van der Waals surface area contributed by atoms with Crippen LogP contribution >= 0.6 is 24.0 Å². The third kappa shape index (κ3) is 6.77. The molecule has 0 aliphatic rings. The quantitative estimate of drug-likeness (QED) is 0.578. The number of aryl methyl sites for hydroxylation is 1. The van der Waals surface area contributed by atoms with Crippen molar-refractivity contribution in [3.8, 4) is 11.1 Å². The van der Waals surface area contributed by atoms with Crippen LogP contribution in [0.2, 0.25) is 5.02 Å². The van der Waals surface area contributed by atoms with Crippen molar-refractivity contribution in [2.24, 2.45) is 5.73 Å². The Bertz CT molecular complexity index is 1160. The predicted molar refractivity (Wildman–Crippen MR) is 131 cm³/mol. The number of carbonyl (C=O) groups excluding carboxylic acids is 1. The molecule has 1 amide bonds. The monoisotopic (exact) mass is 521 g/mol. The van der Waals surface area contributed by atoms with Gasteiger partial charge in [0.15, 0.2) is 0 Å². The van der Waals surface area contributed by atoms with Gasteiger partial charge < -0.3 is 11.1 Å². The second kappa shape index (κ2) is 11.0. The number of rotatable bonds is 7. The van der Waals surface area contributed by atoms with Crippen molar-refractivity contribution in [2.75, 3.05) is 20.6 Å². The van der Waals surface area contributed by atoms with Crippen LogP contribution in [0.5, 0.6) is 0 Å². The van der Waals surface area contributed by atoms with Crippen LogP contribution in [-0.2, 0) is 16.6 Å². The normalized spacial score (nSPS) is 12.6. The summed E-state index contributed by atoms with van der Waals surface area (Å²) in [5, 5.41) is 7.26. The minimum atomic E-state index is -3.84. The number of amides is 1. The number of nitrogens with two attached hydrogens (primary N) is 1. The first-order valence-electron chi connectivity index (χ1n) is 9.86. The van der Waals surface area contributed by atoms with E-state index in [9.17, 15) is 17.6 Å². The van der Waals surface area contributed by atoms with Crippen LogP contribution in [0, 0.1) is 6.92 Å². The van der Waals surface area contributed by atoms with E-state index in [1.807, 2.05) is 20.8 Å². The van der Waals surface area contributed by atoms with Gasteiger partial charge in [0.1, 0.15) is 16.4 Å². The summed E-state index contributed by atoms with van der Waals surface area (Å²) in [4.78, 5) is 13.1. The number of benzene rings is 1. The molecule has 0 unspecified atom stereocenters. The average molecular weight is 522 g/mol. The molecular formula is C21H30Cl2FN5O3S. The van der Waals surface area contributed by atoms with Crippen LogP contribution in [0.3, 0.4) is 0 Å². The fourth-order valence-electron chi connectivity index (χ4n) is 3.06. The third-order valence-electron chi connectivity index (χ3n) is 4.45. The molecule has 0 saturated heterocycles. The molecule has 1 heterocycles. The van der Waals surface area contributed by atoms with Crippen molar-refractivity contribution in [1.82, 2.24) is 19.4 Å². The molecule has 8 nitrogen and oxygen atoms in total. The fraction of sp³-hybridized carbons (Fsp3) is 0.429. The van der Waals surface area contributed by atoms with E-state index in [1.165, 1.54) is 37.0 Å². The van der Waals surface area contributed by atoms with Gasteiger partial charge in [-0.1, -0.05) is 17.7 Å². The minimum Gasteiger partial charge on any atom is -0.346 e. The van der Waals surface area contributed by atoms with Crippen LogP contribution in [0.1, 0.15) is 37.0 Å². The van der Waals surface area contributed by atoms with E-state index >= 15 is 0 Å². The maximum absolute atomic E-state index is 14.3. The van der Waals surface area contributed by atoms with Gasteiger partial charge in [-0.2, -0.15) is 5.10 Å². The van der Waals surface area contributed by atoms with E-state index in [-0.39, 0.29) is 41.1 Å². The lowest BCUT2D eigenvalue weighted by Crippen LogP contribution is -2.41. The summed E-state index contributed by atoms with van der Waals surface area (Å²) < 4.78 is 42.0. The van der Waals surface area contributed by atoms with E-state index in [2.05, 4.69) is 10.4 Å². The molecule has 184 valence electrons. The second-order valence-corrected chi connectivity index (χ2v) is 11.0.